The maximum Gasteiger partial charge on any atom is 0.234 e. The van der Waals surface area contributed by atoms with Crippen LogP contribution in [0.5, 0.6) is 0 Å². The van der Waals surface area contributed by atoms with Gasteiger partial charge in [0.15, 0.2) is 0 Å². The average Bonchev–Trinajstić information content (AvgIpc) is 3.08. The third kappa shape index (κ3) is 1.73. The molecule has 0 aliphatic carbocycles. The first-order valence-electron chi connectivity index (χ1n) is 6.28. The van der Waals surface area contributed by atoms with Crippen molar-refractivity contribution in [1.82, 2.24) is 25.2 Å². The molecule has 0 radical (unpaired) electrons. The summed E-state index contributed by atoms with van der Waals surface area (Å²) in [6.45, 7) is 4.08. The van der Waals surface area contributed by atoms with Crippen LogP contribution in [0.4, 0.5) is 0 Å². The fraction of sp³-hybridized carbons (Fsp3) is 0.583. The van der Waals surface area contributed by atoms with Crippen LogP contribution in [0.2, 0.25) is 0 Å². The Bertz CT molecular complexity index is 538. The van der Waals surface area contributed by atoms with Gasteiger partial charge in [-0.2, -0.15) is 10.1 Å². The minimum absolute atomic E-state index is 0.0000301. The van der Waals surface area contributed by atoms with Crippen LogP contribution in [0.3, 0.4) is 0 Å². The minimum atomic E-state index is 0.0000301. The van der Waals surface area contributed by atoms with Crippen LogP contribution in [-0.4, -0.2) is 33.0 Å². The molecule has 3 rings (SSSR count). The topological polar surface area (TPSA) is 68.8 Å². The first kappa shape index (κ1) is 11.4. The molecule has 0 amide bonds. The van der Waals surface area contributed by atoms with E-state index in [1.807, 2.05) is 19.3 Å². The molecule has 6 heteroatoms. The molecule has 96 valence electrons. The van der Waals surface area contributed by atoms with Crippen LogP contribution in [0.15, 0.2) is 16.8 Å². The lowest BCUT2D eigenvalue weighted by atomic mass is 9.84. The van der Waals surface area contributed by atoms with Gasteiger partial charge in [-0.15, -0.1) is 0 Å². The van der Waals surface area contributed by atoms with Crippen molar-refractivity contribution in [2.75, 3.05) is 13.1 Å². The largest absolute Gasteiger partial charge is 0.338 e. The molecule has 1 atom stereocenters. The van der Waals surface area contributed by atoms with E-state index in [9.17, 15) is 0 Å². The molecule has 2 aromatic heterocycles. The Morgan fingerprint density at radius 1 is 1.56 bits per heavy atom. The number of aryl methyl sites for hydroxylation is 1. The molecule has 0 saturated carbocycles. The van der Waals surface area contributed by atoms with E-state index in [2.05, 4.69) is 27.5 Å². The van der Waals surface area contributed by atoms with E-state index in [0.717, 1.165) is 37.5 Å². The highest BCUT2D eigenvalue weighted by molar-refractivity contribution is 5.47. The van der Waals surface area contributed by atoms with Crippen molar-refractivity contribution in [2.24, 2.45) is 7.05 Å². The van der Waals surface area contributed by atoms with Gasteiger partial charge in [-0.1, -0.05) is 12.1 Å². The van der Waals surface area contributed by atoms with Crippen LogP contribution >= 0.6 is 0 Å². The van der Waals surface area contributed by atoms with Gasteiger partial charge in [0.05, 0.1) is 5.41 Å². The molecule has 1 aliphatic rings. The number of aromatic nitrogens is 4. The Balaban J connectivity index is 1.93. The molecule has 3 heterocycles. The standard InChI is InChI=1S/C12H17N5O/c1-3-12(5-6-13-8-12)11-14-10(16-18-11)9-4-7-17(2)15-9/h4,7,13H,3,5-6,8H2,1-2H3. The van der Waals surface area contributed by atoms with Crippen molar-refractivity contribution in [3.8, 4) is 11.5 Å². The lowest BCUT2D eigenvalue weighted by Gasteiger charge is -2.20. The van der Waals surface area contributed by atoms with Gasteiger partial charge in [-0.05, 0) is 25.5 Å². The Morgan fingerprint density at radius 3 is 3.06 bits per heavy atom. The van der Waals surface area contributed by atoms with E-state index in [-0.39, 0.29) is 5.41 Å². The summed E-state index contributed by atoms with van der Waals surface area (Å²) in [7, 11) is 1.87. The fourth-order valence-corrected chi connectivity index (χ4v) is 2.46. The summed E-state index contributed by atoms with van der Waals surface area (Å²) in [6.07, 6.45) is 3.93. The highest BCUT2D eigenvalue weighted by atomic mass is 16.5. The van der Waals surface area contributed by atoms with Gasteiger partial charge >= 0.3 is 0 Å². The Kier molecular flexibility index (Phi) is 2.66. The molecule has 1 N–H and O–H groups in total. The zero-order valence-electron chi connectivity index (χ0n) is 10.7. The predicted octanol–water partition coefficient (Wildman–Crippen LogP) is 1.11. The van der Waals surface area contributed by atoms with Gasteiger partial charge in [0.1, 0.15) is 5.69 Å². The van der Waals surface area contributed by atoms with Gasteiger partial charge < -0.3 is 9.84 Å². The Labute approximate surface area is 105 Å². The molecule has 1 aliphatic heterocycles. The van der Waals surface area contributed by atoms with Crippen molar-refractivity contribution in [2.45, 2.75) is 25.2 Å². The zero-order valence-corrected chi connectivity index (χ0v) is 10.7. The second-order valence-corrected chi connectivity index (χ2v) is 4.86. The molecule has 0 bridgehead atoms. The van der Waals surface area contributed by atoms with Gasteiger partial charge in [0, 0.05) is 19.8 Å². The summed E-state index contributed by atoms with van der Waals surface area (Å²) in [5, 5.41) is 11.7. The summed E-state index contributed by atoms with van der Waals surface area (Å²) in [5.41, 5.74) is 0.754. The lowest BCUT2D eigenvalue weighted by molar-refractivity contribution is 0.285. The predicted molar refractivity (Wildman–Crippen MR) is 66.0 cm³/mol. The summed E-state index contributed by atoms with van der Waals surface area (Å²) in [6, 6.07) is 1.89. The SMILES string of the molecule is CCC1(c2nc(-c3ccn(C)n3)no2)CCNC1. The Morgan fingerprint density at radius 2 is 2.44 bits per heavy atom. The third-order valence-corrected chi connectivity index (χ3v) is 3.74. The lowest BCUT2D eigenvalue weighted by Crippen LogP contribution is -2.28. The molecule has 1 unspecified atom stereocenters. The van der Waals surface area contributed by atoms with Gasteiger partial charge in [0.25, 0.3) is 0 Å². The van der Waals surface area contributed by atoms with Gasteiger partial charge in [-0.3, -0.25) is 4.68 Å². The molecule has 1 saturated heterocycles. The number of rotatable bonds is 3. The number of nitrogens with one attached hydrogen (secondary N) is 1. The van der Waals surface area contributed by atoms with Gasteiger partial charge in [0.2, 0.25) is 11.7 Å². The van der Waals surface area contributed by atoms with Crippen molar-refractivity contribution < 1.29 is 4.52 Å². The summed E-state index contributed by atoms with van der Waals surface area (Å²) in [5.74, 6) is 1.31. The minimum Gasteiger partial charge on any atom is -0.338 e. The smallest absolute Gasteiger partial charge is 0.234 e. The first-order valence-corrected chi connectivity index (χ1v) is 6.28. The number of nitrogens with zero attached hydrogens (tertiary/aromatic N) is 4. The first-order chi connectivity index (χ1) is 8.73. The van der Waals surface area contributed by atoms with Gasteiger partial charge in [-0.25, -0.2) is 0 Å². The zero-order chi connectivity index (χ0) is 12.6. The van der Waals surface area contributed by atoms with E-state index in [1.54, 1.807) is 4.68 Å². The van der Waals surface area contributed by atoms with Crippen molar-refractivity contribution in [3.63, 3.8) is 0 Å². The molecule has 0 spiro atoms. The summed E-state index contributed by atoms with van der Waals surface area (Å²) in [4.78, 5) is 4.53. The summed E-state index contributed by atoms with van der Waals surface area (Å²) >= 11 is 0. The molecular formula is C12H17N5O. The molecule has 6 nitrogen and oxygen atoms in total. The van der Waals surface area contributed by atoms with Crippen LogP contribution in [-0.2, 0) is 12.5 Å². The quantitative estimate of drug-likeness (QED) is 0.880. The highest BCUT2D eigenvalue weighted by Gasteiger charge is 2.39. The molecular weight excluding hydrogens is 230 g/mol. The van der Waals surface area contributed by atoms with Crippen LogP contribution < -0.4 is 5.32 Å². The maximum absolute atomic E-state index is 5.46. The monoisotopic (exact) mass is 247 g/mol. The van der Waals surface area contributed by atoms with Crippen molar-refractivity contribution in [1.29, 1.82) is 0 Å². The van der Waals surface area contributed by atoms with Crippen LogP contribution in [0.25, 0.3) is 11.5 Å². The second kappa shape index (κ2) is 4.20. The van der Waals surface area contributed by atoms with E-state index >= 15 is 0 Å². The van der Waals surface area contributed by atoms with Crippen LogP contribution in [0, 0.1) is 0 Å². The normalized spacial score (nSPS) is 23.7. The van der Waals surface area contributed by atoms with E-state index in [1.165, 1.54) is 0 Å². The Hall–Kier alpha value is -1.69. The van der Waals surface area contributed by atoms with Crippen molar-refractivity contribution >= 4 is 0 Å². The van der Waals surface area contributed by atoms with Crippen LogP contribution in [0.1, 0.15) is 25.7 Å². The number of hydrogen-bond acceptors (Lipinski definition) is 5. The third-order valence-electron chi connectivity index (χ3n) is 3.74. The fourth-order valence-electron chi connectivity index (χ4n) is 2.46. The van der Waals surface area contributed by atoms with E-state index in [0.29, 0.717) is 5.82 Å². The average molecular weight is 247 g/mol. The second-order valence-electron chi connectivity index (χ2n) is 4.86. The number of hydrogen-bond donors (Lipinski definition) is 1. The molecule has 0 aromatic carbocycles. The van der Waals surface area contributed by atoms with E-state index in [4.69, 9.17) is 4.52 Å². The summed E-state index contributed by atoms with van der Waals surface area (Å²) < 4.78 is 7.19. The van der Waals surface area contributed by atoms with Crippen molar-refractivity contribution in [3.05, 3.63) is 18.2 Å². The highest BCUT2D eigenvalue weighted by Crippen LogP contribution is 2.33. The molecule has 2 aromatic rings. The molecule has 1 fully saturated rings. The van der Waals surface area contributed by atoms with E-state index < -0.39 is 0 Å². The maximum atomic E-state index is 5.46. The molecule has 18 heavy (non-hydrogen) atoms.